The summed E-state index contributed by atoms with van der Waals surface area (Å²) in [6.45, 7) is 2.20. The third kappa shape index (κ3) is 5.85. The van der Waals surface area contributed by atoms with Gasteiger partial charge in [-0.3, -0.25) is 9.59 Å². The van der Waals surface area contributed by atoms with E-state index >= 15 is 0 Å². The van der Waals surface area contributed by atoms with E-state index < -0.39 is 21.8 Å². The summed E-state index contributed by atoms with van der Waals surface area (Å²) in [5, 5.41) is 3.12. The third-order valence-corrected chi connectivity index (χ3v) is 7.88. The van der Waals surface area contributed by atoms with E-state index in [1.807, 2.05) is 6.92 Å². The molecule has 0 aromatic heterocycles. The third-order valence-electron chi connectivity index (χ3n) is 5.61. The van der Waals surface area contributed by atoms with Crippen LogP contribution in [0.5, 0.6) is 5.75 Å². The molecule has 0 radical (unpaired) electrons. The number of halogens is 1. The SMILES string of the molecule is COc1ccc(Cl)cc1NC(=O)CN(C)C(=O)c1ccc(S(=O)(=O)N2CCCCC2C)cc1. The van der Waals surface area contributed by atoms with Gasteiger partial charge in [0.15, 0.2) is 0 Å². The molecule has 178 valence electrons. The molecule has 0 aliphatic carbocycles. The predicted octanol–water partition coefficient (Wildman–Crippen LogP) is 3.62. The molecule has 10 heteroatoms. The maximum atomic E-state index is 13.0. The average Bonchev–Trinajstić information content (AvgIpc) is 2.79. The number of methoxy groups -OCH3 is 1. The van der Waals surface area contributed by atoms with Gasteiger partial charge in [0.1, 0.15) is 5.75 Å². The number of anilines is 1. The van der Waals surface area contributed by atoms with Gasteiger partial charge in [0.05, 0.1) is 24.2 Å². The molecule has 2 aromatic rings. The summed E-state index contributed by atoms with van der Waals surface area (Å²) in [6, 6.07) is 10.6. The lowest BCUT2D eigenvalue weighted by atomic mass is 10.1. The Kier molecular flexibility index (Phi) is 7.99. The molecule has 1 saturated heterocycles. The first-order chi connectivity index (χ1) is 15.6. The summed E-state index contributed by atoms with van der Waals surface area (Å²) in [5.74, 6) is -0.384. The van der Waals surface area contributed by atoms with Crippen LogP contribution in [0.15, 0.2) is 47.4 Å². The number of sulfonamides is 1. The van der Waals surface area contributed by atoms with Gasteiger partial charge in [0, 0.05) is 30.2 Å². The summed E-state index contributed by atoms with van der Waals surface area (Å²) in [5.41, 5.74) is 0.689. The molecule has 0 spiro atoms. The zero-order valence-electron chi connectivity index (χ0n) is 18.9. The molecule has 3 rings (SSSR count). The smallest absolute Gasteiger partial charge is 0.254 e. The minimum absolute atomic E-state index is 0.0483. The van der Waals surface area contributed by atoms with E-state index in [1.165, 1.54) is 47.6 Å². The first-order valence-electron chi connectivity index (χ1n) is 10.6. The highest BCUT2D eigenvalue weighted by molar-refractivity contribution is 7.89. The topological polar surface area (TPSA) is 96.0 Å². The van der Waals surface area contributed by atoms with Crippen LogP contribution in [0.2, 0.25) is 5.02 Å². The van der Waals surface area contributed by atoms with Crippen molar-refractivity contribution in [1.29, 1.82) is 0 Å². The highest BCUT2D eigenvalue weighted by Gasteiger charge is 2.31. The van der Waals surface area contributed by atoms with Crippen molar-refractivity contribution in [2.24, 2.45) is 0 Å². The first-order valence-corrected chi connectivity index (χ1v) is 12.5. The number of nitrogens with one attached hydrogen (secondary N) is 1. The predicted molar refractivity (Wildman–Crippen MR) is 127 cm³/mol. The zero-order valence-corrected chi connectivity index (χ0v) is 20.4. The lowest BCUT2D eigenvalue weighted by Crippen LogP contribution is -2.41. The number of ether oxygens (including phenoxy) is 1. The van der Waals surface area contributed by atoms with Crippen molar-refractivity contribution in [2.75, 3.05) is 32.6 Å². The largest absolute Gasteiger partial charge is 0.495 e. The molecule has 33 heavy (non-hydrogen) atoms. The van der Waals surface area contributed by atoms with E-state index in [0.717, 1.165) is 19.3 Å². The molecular formula is C23H28ClN3O5S. The van der Waals surface area contributed by atoms with E-state index in [4.69, 9.17) is 16.3 Å². The molecule has 1 aliphatic heterocycles. The molecule has 1 atom stereocenters. The van der Waals surface area contributed by atoms with Crippen LogP contribution in [-0.2, 0) is 14.8 Å². The number of likely N-dealkylation sites (N-methyl/N-ethyl adjacent to an activating group) is 1. The number of carbonyl (C=O) groups excluding carboxylic acids is 2. The minimum Gasteiger partial charge on any atom is -0.495 e. The summed E-state index contributed by atoms with van der Waals surface area (Å²) >= 11 is 5.98. The van der Waals surface area contributed by atoms with Gasteiger partial charge in [-0.2, -0.15) is 4.31 Å². The van der Waals surface area contributed by atoms with Crippen LogP contribution in [0.1, 0.15) is 36.5 Å². The van der Waals surface area contributed by atoms with E-state index in [1.54, 1.807) is 18.2 Å². The lowest BCUT2D eigenvalue weighted by molar-refractivity contribution is -0.116. The van der Waals surface area contributed by atoms with Gasteiger partial charge in [-0.25, -0.2) is 8.42 Å². The fraction of sp³-hybridized carbons (Fsp3) is 0.391. The van der Waals surface area contributed by atoms with Crippen LogP contribution in [0, 0.1) is 0 Å². The Balaban J connectivity index is 1.66. The second-order valence-electron chi connectivity index (χ2n) is 8.04. The molecule has 1 unspecified atom stereocenters. The molecule has 1 N–H and O–H groups in total. The Labute approximate surface area is 199 Å². The van der Waals surface area contributed by atoms with E-state index in [0.29, 0.717) is 23.0 Å². The highest BCUT2D eigenvalue weighted by Crippen LogP contribution is 2.28. The van der Waals surface area contributed by atoms with Gasteiger partial charge in [-0.1, -0.05) is 18.0 Å². The van der Waals surface area contributed by atoms with Crippen LogP contribution in [-0.4, -0.2) is 62.7 Å². The van der Waals surface area contributed by atoms with Crippen molar-refractivity contribution >= 4 is 39.1 Å². The summed E-state index contributed by atoms with van der Waals surface area (Å²) < 4.78 is 32.7. The average molecular weight is 494 g/mol. The molecule has 8 nitrogen and oxygen atoms in total. The van der Waals surface area contributed by atoms with E-state index in [-0.39, 0.29) is 23.0 Å². The molecule has 1 aliphatic rings. The Morgan fingerprint density at radius 1 is 1.18 bits per heavy atom. The fourth-order valence-electron chi connectivity index (χ4n) is 3.81. The lowest BCUT2D eigenvalue weighted by Gasteiger charge is -2.32. The van der Waals surface area contributed by atoms with Gasteiger partial charge in [-0.15, -0.1) is 0 Å². The maximum absolute atomic E-state index is 13.0. The fourth-order valence-corrected chi connectivity index (χ4v) is 5.68. The first kappa shape index (κ1) is 25.0. The number of piperidine rings is 1. The number of carbonyl (C=O) groups is 2. The minimum atomic E-state index is -3.62. The van der Waals surface area contributed by atoms with Crippen LogP contribution in [0.25, 0.3) is 0 Å². The molecule has 1 fully saturated rings. The number of benzene rings is 2. The normalized spacial score (nSPS) is 16.8. The van der Waals surface area contributed by atoms with Crippen molar-refractivity contribution < 1.29 is 22.7 Å². The Hall–Kier alpha value is -2.62. The van der Waals surface area contributed by atoms with Gasteiger partial charge < -0.3 is 15.0 Å². The molecular weight excluding hydrogens is 466 g/mol. The van der Waals surface area contributed by atoms with E-state index in [9.17, 15) is 18.0 Å². The summed E-state index contributed by atoms with van der Waals surface area (Å²) in [4.78, 5) is 26.6. The van der Waals surface area contributed by atoms with Gasteiger partial charge in [0.2, 0.25) is 15.9 Å². The molecule has 1 heterocycles. The van der Waals surface area contributed by atoms with Crippen molar-refractivity contribution in [3.05, 3.63) is 53.1 Å². The van der Waals surface area contributed by atoms with Gasteiger partial charge in [-0.05, 0) is 62.2 Å². The zero-order chi connectivity index (χ0) is 24.2. The number of rotatable bonds is 7. The van der Waals surface area contributed by atoms with E-state index in [2.05, 4.69) is 5.32 Å². The Morgan fingerprint density at radius 2 is 1.88 bits per heavy atom. The molecule has 0 saturated carbocycles. The highest BCUT2D eigenvalue weighted by atomic mass is 35.5. The van der Waals surface area contributed by atoms with Crippen molar-refractivity contribution in [2.45, 2.75) is 37.1 Å². The van der Waals surface area contributed by atoms with Crippen LogP contribution in [0.3, 0.4) is 0 Å². The quantitative estimate of drug-likeness (QED) is 0.635. The van der Waals surface area contributed by atoms with Crippen LogP contribution in [0.4, 0.5) is 5.69 Å². The van der Waals surface area contributed by atoms with Crippen molar-refractivity contribution in [1.82, 2.24) is 9.21 Å². The van der Waals surface area contributed by atoms with Crippen LogP contribution < -0.4 is 10.1 Å². The number of nitrogens with zero attached hydrogens (tertiary/aromatic N) is 2. The summed E-state index contributed by atoms with van der Waals surface area (Å²) in [7, 11) is -0.642. The Morgan fingerprint density at radius 3 is 2.52 bits per heavy atom. The van der Waals surface area contributed by atoms with Crippen molar-refractivity contribution in [3.8, 4) is 5.75 Å². The maximum Gasteiger partial charge on any atom is 0.254 e. The Bertz CT molecular complexity index is 1120. The molecule has 2 amide bonds. The number of hydrogen-bond acceptors (Lipinski definition) is 5. The standard InChI is InChI=1S/C23H28ClN3O5S/c1-16-6-4-5-13-27(16)33(30,31)19-10-7-17(8-11-19)23(29)26(2)15-22(28)25-20-14-18(24)9-12-21(20)32-3/h7-12,14,16H,4-6,13,15H2,1-3H3,(H,25,28). The number of hydrogen-bond donors (Lipinski definition) is 1. The van der Waals surface area contributed by atoms with Crippen molar-refractivity contribution in [3.63, 3.8) is 0 Å². The van der Waals surface area contributed by atoms with Gasteiger partial charge in [0.25, 0.3) is 5.91 Å². The monoisotopic (exact) mass is 493 g/mol. The van der Waals surface area contributed by atoms with Crippen LogP contribution >= 0.6 is 11.6 Å². The second kappa shape index (κ2) is 10.5. The molecule has 0 bridgehead atoms. The molecule has 2 aromatic carbocycles. The second-order valence-corrected chi connectivity index (χ2v) is 10.4. The number of amides is 2. The van der Waals surface area contributed by atoms with Gasteiger partial charge >= 0.3 is 0 Å². The summed E-state index contributed by atoms with van der Waals surface area (Å²) in [6.07, 6.45) is 2.70.